The van der Waals surface area contributed by atoms with Gasteiger partial charge in [-0.15, -0.1) is 0 Å². The third-order valence-corrected chi connectivity index (χ3v) is 2.39. The molecule has 2 aromatic carbocycles. The Morgan fingerprint density at radius 2 is 2.07 bits per heavy atom. The van der Waals surface area contributed by atoms with Crippen molar-refractivity contribution in [3.8, 4) is 0 Å². The van der Waals surface area contributed by atoms with E-state index in [-0.39, 0.29) is 5.69 Å². The maximum absolute atomic E-state index is 10.6. The molecule has 2 aromatic rings. The van der Waals surface area contributed by atoms with Gasteiger partial charge in [-0.2, -0.15) is 0 Å². The highest BCUT2D eigenvalue weighted by Gasteiger charge is 2.07. The molecule has 0 aromatic heterocycles. The van der Waals surface area contributed by atoms with Crippen LogP contribution in [0.25, 0.3) is 10.8 Å². The Bertz CT molecular complexity index is 523. The van der Waals surface area contributed by atoms with E-state index < -0.39 is 4.92 Å². The SMILES string of the molecule is NCc1cccc2cc([N+](=O)[O-])ccc12. The van der Waals surface area contributed by atoms with Crippen molar-refractivity contribution < 1.29 is 4.92 Å². The molecule has 0 aliphatic rings. The van der Waals surface area contributed by atoms with Crippen molar-refractivity contribution in [2.75, 3.05) is 0 Å². The molecule has 0 aliphatic carbocycles. The van der Waals surface area contributed by atoms with Crippen LogP contribution in [0, 0.1) is 10.1 Å². The molecule has 0 spiro atoms. The number of nitro benzene ring substituents is 1. The highest BCUT2D eigenvalue weighted by atomic mass is 16.6. The molecule has 0 saturated carbocycles. The number of hydrogen-bond donors (Lipinski definition) is 1. The highest BCUT2D eigenvalue weighted by Crippen LogP contribution is 2.23. The van der Waals surface area contributed by atoms with Crippen LogP contribution >= 0.6 is 0 Å². The van der Waals surface area contributed by atoms with Gasteiger partial charge in [0, 0.05) is 18.7 Å². The number of benzene rings is 2. The van der Waals surface area contributed by atoms with Gasteiger partial charge in [0.25, 0.3) is 5.69 Å². The Kier molecular flexibility index (Phi) is 2.35. The Morgan fingerprint density at radius 1 is 1.27 bits per heavy atom. The fourth-order valence-corrected chi connectivity index (χ4v) is 1.63. The topological polar surface area (TPSA) is 69.2 Å². The minimum absolute atomic E-state index is 0.108. The highest BCUT2D eigenvalue weighted by molar-refractivity contribution is 5.87. The minimum atomic E-state index is -0.394. The molecule has 4 nitrogen and oxygen atoms in total. The van der Waals surface area contributed by atoms with Crippen LogP contribution < -0.4 is 5.73 Å². The van der Waals surface area contributed by atoms with E-state index >= 15 is 0 Å². The molecule has 4 heteroatoms. The summed E-state index contributed by atoms with van der Waals surface area (Å²) in [4.78, 5) is 10.2. The summed E-state index contributed by atoms with van der Waals surface area (Å²) in [5, 5.41) is 12.4. The van der Waals surface area contributed by atoms with E-state index in [0.717, 1.165) is 16.3 Å². The fraction of sp³-hybridized carbons (Fsp3) is 0.0909. The Hall–Kier alpha value is -1.94. The first kappa shape index (κ1) is 9.61. The van der Waals surface area contributed by atoms with Gasteiger partial charge < -0.3 is 5.73 Å². The first-order valence-electron chi connectivity index (χ1n) is 4.58. The fourth-order valence-electron chi connectivity index (χ4n) is 1.63. The van der Waals surface area contributed by atoms with Gasteiger partial charge in [0.1, 0.15) is 0 Å². The van der Waals surface area contributed by atoms with E-state index in [9.17, 15) is 10.1 Å². The van der Waals surface area contributed by atoms with Crippen molar-refractivity contribution in [3.05, 3.63) is 52.1 Å². The number of non-ortho nitro benzene ring substituents is 1. The molecule has 15 heavy (non-hydrogen) atoms. The van der Waals surface area contributed by atoms with E-state index in [1.807, 2.05) is 18.2 Å². The lowest BCUT2D eigenvalue weighted by atomic mass is 10.0. The molecular formula is C11H10N2O2. The molecule has 0 aliphatic heterocycles. The van der Waals surface area contributed by atoms with Crippen LogP contribution in [0.3, 0.4) is 0 Å². The van der Waals surface area contributed by atoms with Gasteiger partial charge in [0.15, 0.2) is 0 Å². The van der Waals surface area contributed by atoms with E-state index in [4.69, 9.17) is 5.73 Å². The van der Waals surface area contributed by atoms with Crippen LogP contribution in [-0.2, 0) is 6.54 Å². The van der Waals surface area contributed by atoms with Crippen molar-refractivity contribution in [2.24, 2.45) is 5.73 Å². The van der Waals surface area contributed by atoms with Crippen LogP contribution in [0.1, 0.15) is 5.56 Å². The number of nitrogens with two attached hydrogens (primary N) is 1. The summed E-state index contributed by atoms with van der Waals surface area (Å²) in [6, 6.07) is 10.4. The van der Waals surface area contributed by atoms with Crippen molar-refractivity contribution >= 4 is 16.5 Å². The minimum Gasteiger partial charge on any atom is -0.326 e. The van der Waals surface area contributed by atoms with Gasteiger partial charge in [-0.3, -0.25) is 10.1 Å². The molecule has 0 unspecified atom stereocenters. The van der Waals surface area contributed by atoms with Gasteiger partial charge in [0.2, 0.25) is 0 Å². The summed E-state index contributed by atoms with van der Waals surface area (Å²) in [5.41, 5.74) is 6.69. The molecule has 0 fully saturated rings. The zero-order chi connectivity index (χ0) is 10.8. The van der Waals surface area contributed by atoms with Gasteiger partial charge in [-0.05, 0) is 22.4 Å². The first-order chi connectivity index (χ1) is 7.22. The molecule has 0 bridgehead atoms. The maximum atomic E-state index is 10.6. The summed E-state index contributed by atoms with van der Waals surface area (Å²) in [7, 11) is 0. The molecule has 2 N–H and O–H groups in total. The maximum Gasteiger partial charge on any atom is 0.270 e. The van der Waals surface area contributed by atoms with Crippen LogP contribution in [-0.4, -0.2) is 4.92 Å². The lowest BCUT2D eigenvalue weighted by molar-refractivity contribution is -0.384. The average molecular weight is 202 g/mol. The summed E-state index contributed by atoms with van der Waals surface area (Å²) in [5.74, 6) is 0. The molecule has 0 atom stereocenters. The number of nitrogens with zero attached hydrogens (tertiary/aromatic N) is 1. The third kappa shape index (κ3) is 1.67. The third-order valence-electron chi connectivity index (χ3n) is 2.39. The number of fused-ring (bicyclic) bond motifs is 1. The number of rotatable bonds is 2. The molecular weight excluding hydrogens is 192 g/mol. The zero-order valence-corrected chi connectivity index (χ0v) is 8.01. The van der Waals surface area contributed by atoms with E-state index in [1.54, 1.807) is 12.1 Å². The van der Waals surface area contributed by atoms with E-state index in [0.29, 0.717) is 6.54 Å². The number of hydrogen-bond acceptors (Lipinski definition) is 3. The Morgan fingerprint density at radius 3 is 2.73 bits per heavy atom. The van der Waals surface area contributed by atoms with Gasteiger partial charge in [0.05, 0.1) is 4.92 Å². The summed E-state index contributed by atoms with van der Waals surface area (Å²) in [6.07, 6.45) is 0. The predicted octanol–water partition coefficient (Wildman–Crippen LogP) is 2.21. The van der Waals surface area contributed by atoms with Crippen molar-refractivity contribution in [1.82, 2.24) is 0 Å². The van der Waals surface area contributed by atoms with Crippen molar-refractivity contribution in [1.29, 1.82) is 0 Å². The Balaban J connectivity index is 2.69. The normalized spacial score (nSPS) is 10.5. The Labute approximate surface area is 86.5 Å². The van der Waals surface area contributed by atoms with Crippen LogP contribution in [0.2, 0.25) is 0 Å². The second kappa shape index (κ2) is 3.67. The lowest BCUT2D eigenvalue weighted by Crippen LogP contribution is -1.97. The van der Waals surface area contributed by atoms with Crippen LogP contribution in [0.4, 0.5) is 5.69 Å². The smallest absolute Gasteiger partial charge is 0.270 e. The van der Waals surface area contributed by atoms with Gasteiger partial charge in [-0.1, -0.05) is 18.2 Å². The summed E-state index contributed by atoms with van der Waals surface area (Å²) < 4.78 is 0. The van der Waals surface area contributed by atoms with Gasteiger partial charge >= 0.3 is 0 Å². The zero-order valence-electron chi connectivity index (χ0n) is 8.01. The largest absolute Gasteiger partial charge is 0.326 e. The van der Waals surface area contributed by atoms with Crippen molar-refractivity contribution in [2.45, 2.75) is 6.54 Å². The second-order valence-corrected chi connectivity index (χ2v) is 3.28. The van der Waals surface area contributed by atoms with Gasteiger partial charge in [-0.25, -0.2) is 0 Å². The molecule has 0 heterocycles. The number of nitro groups is 1. The quantitative estimate of drug-likeness (QED) is 0.599. The molecule has 0 radical (unpaired) electrons. The van der Waals surface area contributed by atoms with E-state index in [1.165, 1.54) is 6.07 Å². The average Bonchev–Trinajstić information content (AvgIpc) is 2.27. The first-order valence-corrected chi connectivity index (χ1v) is 4.58. The van der Waals surface area contributed by atoms with Crippen LogP contribution in [0.15, 0.2) is 36.4 Å². The van der Waals surface area contributed by atoms with Crippen LogP contribution in [0.5, 0.6) is 0 Å². The molecule has 2 rings (SSSR count). The van der Waals surface area contributed by atoms with E-state index in [2.05, 4.69) is 0 Å². The van der Waals surface area contributed by atoms with Crippen molar-refractivity contribution in [3.63, 3.8) is 0 Å². The monoisotopic (exact) mass is 202 g/mol. The predicted molar refractivity (Wildman–Crippen MR) is 58.5 cm³/mol. The second-order valence-electron chi connectivity index (χ2n) is 3.28. The lowest BCUT2D eigenvalue weighted by Gasteiger charge is -2.03. The summed E-state index contributed by atoms with van der Waals surface area (Å²) >= 11 is 0. The standard InChI is InChI=1S/C11H10N2O2/c12-7-9-3-1-2-8-6-10(13(14)15)4-5-11(8)9/h1-6H,7,12H2. The molecule has 0 amide bonds. The molecule has 76 valence electrons. The summed E-state index contributed by atoms with van der Waals surface area (Å²) in [6.45, 7) is 0.440. The molecule has 0 saturated heterocycles.